The van der Waals surface area contributed by atoms with Gasteiger partial charge in [0.2, 0.25) is 5.91 Å². The van der Waals surface area contributed by atoms with Crippen molar-refractivity contribution in [2.75, 3.05) is 65.8 Å². The van der Waals surface area contributed by atoms with Crippen LogP contribution in [0.2, 0.25) is 0 Å². The molecule has 14 heteroatoms. The Morgan fingerprint density at radius 2 is 1.15 bits per heavy atom. The molecular formula is C38H62N4O10. The van der Waals surface area contributed by atoms with Crippen LogP contribution in [-0.2, 0) is 33.3 Å². The molecule has 0 aromatic heterocycles. The first kappa shape index (κ1) is 41.2. The lowest BCUT2D eigenvalue weighted by Crippen LogP contribution is -2.33. The maximum Gasteiger partial charge on any atom is 0.407 e. The van der Waals surface area contributed by atoms with E-state index in [1.54, 1.807) is 6.92 Å². The zero-order chi connectivity index (χ0) is 37.1. The molecule has 0 heterocycles. The van der Waals surface area contributed by atoms with Crippen molar-refractivity contribution in [2.45, 2.75) is 84.0 Å². The van der Waals surface area contributed by atoms with Crippen LogP contribution in [0.15, 0.2) is 12.7 Å². The monoisotopic (exact) mass is 734 g/mol. The molecular weight excluding hydrogens is 672 g/mol. The van der Waals surface area contributed by atoms with E-state index in [-0.39, 0.29) is 25.2 Å². The molecule has 4 aliphatic rings. The second kappa shape index (κ2) is 22.5. The molecule has 0 spiro atoms. The van der Waals surface area contributed by atoms with E-state index >= 15 is 0 Å². The second-order valence-corrected chi connectivity index (χ2v) is 15.0. The van der Waals surface area contributed by atoms with Gasteiger partial charge in [0.1, 0.15) is 13.2 Å². The van der Waals surface area contributed by atoms with Gasteiger partial charge >= 0.3 is 24.2 Å². The van der Waals surface area contributed by atoms with E-state index in [9.17, 15) is 24.0 Å². The van der Waals surface area contributed by atoms with Crippen LogP contribution in [-0.4, -0.2) is 96.0 Å². The summed E-state index contributed by atoms with van der Waals surface area (Å²) in [4.78, 5) is 58.4. The largest absolute Gasteiger partial charge is 0.459 e. The number of ether oxygens (including phenoxy) is 5. The molecule has 8 atom stereocenters. The molecule has 294 valence electrons. The Labute approximate surface area is 308 Å². The summed E-state index contributed by atoms with van der Waals surface area (Å²) in [5, 5.41) is 11.6. The lowest BCUT2D eigenvalue weighted by Gasteiger charge is -2.28. The zero-order valence-electron chi connectivity index (χ0n) is 31.0. The first-order valence-electron chi connectivity index (χ1n) is 19.6. The highest BCUT2D eigenvalue weighted by Gasteiger charge is 2.47. The Bertz CT molecular complexity index is 1170. The van der Waals surface area contributed by atoms with Crippen molar-refractivity contribution in [3.05, 3.63) is 12.7 Å². The maximum atomic E-state index is 12.2. The van der Waals surface area contributed by atoms with Crippen LogP contribution < -0.4 is 21.3 Å². The summed E-state index contributed by atoms with van der Waals surface area (Å²) in [5.74, 6) is 4.24. The first-order valence-corrected chi connectivity index (χ1v) is 19.6. The third-order valence-electron chi connectivity index (χ3n) is 11.6. The standard InChI is InChI=1S/C38H62N4O10/c1-3-35(44)49-18-19-52-38(47)42-25-32-21-28-8-9-33(32)34(28)11-13-40-37(46)51-17-7-5-15-48-14-4-6-16-50-36(45)39-12-10-27-20-30-22-29(27)23-31(30)24-41-26(2)43/h3,27-34H,1,4-25H2,2H3,(H,39,45)(H,40,46)(H,41,43)(H,42,47). The molecule has 4 rings (SSSR count). The van der Waals surface area contributed by atoms with Crippen LogP contribution in [0.25, 0.3) is 0 Å². The van der Waals surface area contributed by atoms with E-state index in [2.05, 4.69) is 27.8 Å². The number of carbonyl (C=O) groups excluding carboxylic acids is 5. The van der Waals surface area contributed by atoms with Gasteiger partial charge in [0, 0.05) is 52.4 Å². The van der Waals surface area contributed by atoms with E-state index in [0.29, 0.717) is 93.4 Å². The zero-order valence-corrected chi connectivity index (χ0v) is 31.0. The third-order valence-corrected chi connectivity index (χ3v) is 11.6. The normalized spacial score (nSPS) is 26.7. The highest BCUT2D eigenvalue weighted by atomic mass is 16.6. The molecule has 4 N–H and O–H groups in total. The van der Waals surface area contributed by atoms with Crippen molar-refractivity contribution in [3.63, 3.8) is 0 Å². The molecule has 8 unspecified atom stereocenters. The fraction of sp³-hybridized carbons (Fsp3) is 0.816. The van der Waals surface area contributed by atoms with Crippen LogP contribution in [0, 0.1) is 47.3 Å². The lowest BCUT2D eigenvalue weighted by molar-refractivity contribution is -0.138. The van der Waals surface area contributed by atoms with Crippen LogP contribution >= 0.6 is 0 Å². The molecule has 0 aliphatic heterocycles. The predicted molar refractivity (Wildman–Crippen MR) is 192 cm³/mol. The summed E-state index contributed by atoms with van der Waals surface area (Å²) < 4.78 is 26.2. The van der Waals surface area contributed by atoms with Gasteiger partial charge in [-0.3, -0.25) is 4.79 Å². The molecule has 4 saturated carbocycles. The molecule has 14 nitrogen and oxygen atoms in total. The SMILES string of the molecule is C=CC(=O)OCCOC(=O)NCC1CC2CCC1C2CCNC(=O)OCCCCOCCCCOC(=O)NCCC1CC2CC1CC2CNC(C)=O. The molecule has 4 fully saturated rings. The number of hydrogen-bond donors (Lipinski definition) is 4. The van der Waals surface area contributed by atoms with Gasteiger partial charge in [-0.1, -0.05) is 6.58 Å². The molecule has 52 heavy (non-hydrogen) atoms. The van der Waals surface area contributed by atoms with E-state index in [1.165, 1.54) is 25.7 Å². The fourth-order valence-corrected chi connectivity index (χ4v) is 9.15. The number of rotatable bonds is 24. The summed E-state index contributed by atoms with van der Waals surface area (Å²) in [6, 6.07) is 0. The molecule has 0 saturated heterocycles. The minimum Gasteiger partial charge on any atom is -0.459 e. The first-order chi connectivity index (χ1) is 25.2. The molecule has 4 bridgehead atoms. The number of esters is 1. The highest BCUT2D eigenvalue weighted by molar-refractivity contribution is 5.81. The highest BCUT2D eigenvalue weighted by Crippen LogP contribution is 2.54. The predicted octanol–water partition coefficient (Wildman–Crippen LogP) is 4.71. The van der Waals surface area contributed by atoms with Crippen molar-refractivity contribution in [2.24, 2.45) is 47.3 Å². The number of carbonyl (C=O) groups is 5. The topological polar surface area (TPSA) is 180 Å². The van der Waals surface area contributed by atoms with Gasteiger partial charge in [-0.2, -0.15) is 0 Å². The minimum atomic E-state index is -0.551. The maximum absolute atomic E-state index is 12.2. The molecule has 4 aliphatic carbocycles. The Hall–Kier alpha value is -3.55. The van der Waals surface area contributed by atoms with E-state index < -0.39 is 18.2 Å². The van der Waals surface area contributed by atoms with Gasteiger partial charge in [-0.15, -0.1) is 0 Å². The van der Waals surface area contributed by atoms with Gasteiger partial charge in [-0.05, 0) is 124 Å². The molecule has 0 aromatic carbocycles. The lowest BCUT2D eigenvalue weighted by atomic mass is 9.80. The minimum absolute atomic E-state index is 0.00547. The fourth-order valence-electron chi connectivity index (χ4n) is 9.15. The smallest absolute Gasteiger partial charge is 0.407 e. The van der Waals surface area contributed by atoms with Crippen LogP contribution in [0.1, 0.15) is 84.0 Å². The van der Waals surface area contributed by atoms with Gasteiger partial charge in [-0.25, -0.2) is 19.2 Å². The number of unbranched alkanes of at least 4 members (excludes halogenated alkanes) is 2. The van der Waals surface area contributed by atoms with Crippen molar-refractivity contribution in [1.29, 1.82) is 0 Å². The number of hydrogen-bond acceptors (Lipinski definition) is 10. The number of amides is 4. The van der Waals surface area contributed by atoms with E-state index in [4.69, 9.17) is 23.7 Å². The van der Waals surface area contributed by atoms with Gasteiger partial charge in [0.25, 0.3) is 0 Å². The summed E-state index contributed by atoms with van der Waals surface area (Å²) in [6.07, 6.45) is 11.8. The van der Waals surface area contributed by atoms with Gasteiger partial charge < -0.3 is 45.0 Å². The van der Waals surface area contributed by atoms with Crippen molar-refractivity contribution in [1.82, 2.24) is 21.3 Å². The average molecular weight is 735 g/mol. The summed E-state index contributed by atoms with van der Waals surface area (Å²) in [6.45, 7) is 9.34. The summed E-state index contributed by atoms with van der Waals surface area (Å²) >= 11 is 0. The van der Waals surface area contributed by atoms with Gasteiger partial charge in [0.15, 0.2) is 0 Å². The van der Waals surface area contributed by atoms with Crippen LogP contribution in [0.3, 0.4) is 0 Å². The van der Waals surface area contributed by atoms with Crippen LogP contribution in [0.5, 0.6) is 0 Å². The summed E-state index contributed by atoms with van der Waals surface area (Å²) in [5.41, 5.74) is 0. The number of alkyl carbamates (subject to hydrolysis) is 3. The van der Waals surface area contributed by atoms with Crippen molar-refractivity contribution >= 4 is 30.2 Å². The number of fused-ring (bicyclic) bond motifs is 4. The van der Waals surface area contributed by atoms with Gasteiger partial charge in [0.05, 0.1) is 13.2 Å². The average Bonchev–Trinajstić information content (AvgIpc) is 3.91. The second-order valence-electron chi connectivity index (χ2n) is 15.0. The third kappa shape index (κ3) is 14.1. The number of nitrogens with one attached hydrogen (secondary N) is 4. The molecule has 0 radical (unpaired) electrons. The Balaban J connectivity index is 0.890. The molecule has 0 aromatic rings. The summed E-state index contributed by atoms with van der Waals surface area (Å²) in [7, 11) is 0. The van der Waals surface area contributed by atoms with Crippen molar-refractivity contribution < 1.29 is 47.7 Å². The molecule has 4 amide bonds. The van der Waals surface area contributed by atoms with Crippen LogP contribution in [0.4, 0.5) is 14.4 Å². The quantitative estimate of drug-likeness (QED) is 0.0470. The Morgan fingerprint density at radius 1 is 0.596 bits per heavy atom. The Morgan fingerprint density at radius 3 is 1.81 bits per heavy atom. The Kier molecular flexibility index (Phi) is 17.8. The van der Waals surface area contributed by atoms with Crippen molar-refractivity contribution in [3.8, 4) is 0 Å². The van der Waals surface area contributed by atoms with E-state index in [1.807, 2.05) is 0 Å². The van der Waals surface area contributed by atoms with E-state index in [0.717, 1.165) is 64.0 Å².